The Morgan fingerprint density at radius 2 is 1.93 bits per heavy atom. The van der Waals surface area contributed by atoms with Crippen LogP contribution in [0.15, 0.2) is 42.5 Å². The average molecular weight is 445 g/mol. The number of aryl methyl sites for hydroxylation is 1. The molecule has 30 heavy (non-hydrogen) atoms. The molecule has 2 aromatic carbocycles. The number of anilines is 1. The maximum atomic E-state index is 13.1. The van der Waals surface area contributed by atoms with E-state index >= 15 is 0 Å². The van der Waals surface area contributed by atoms with Gasteiger partial charge in [0, 0.05) is 23.5 Å². The summed E-state index contributed by atoms with van der Waals surface area (Å²) in [6.07, 6.45) is -0.390. The van der Waals surface area contributed by atoms with Gasteiger partial charge in [0.05, 0.1) is 34.9 Å². The highest BCUT2D eigenvalue weighted by atomic mass is 35.5. The number of aliphatic hydroxyl groups is 1. The predicted molar refractivity (Wildman–Crippen MR) is 119 cm³/mol. The number of benzene rings is 2. The van der Waals surface area contributed by atoms with Crippen LogP contribution in [0.4, 0.5) is 10.5 Å². The van der Waals surface area contributed by atoms with Crippen LogP contribution in [0.5, 0.6) is 0 Å². The Bertz CT molecular complexity index is 1110. The number of carbonyl (C=O) groups excluding carboxylic acids is 1. The fourth-order valence-electron chi connectivity index (χ4n) is 4.06. The quantitative estimate of drug-likeness (QED) is 0.602. The molecule has 2 atom stereocenters. The summed E-state index contributed by atoms with van der Waals surface area (Å²) < 4.78 is 1.80. The molecule has 1 aromatic heterocycles. The lowest BCUT2D eigenvalue weighted by molar-refractivity contribution is 0.0934. The van der Waals surface area contributed by atoms with Crippen molar-refractivity contribution in [1.29, 1.82) is 0 Å². The molecule has 0 unspecified atom stereocenters. The van der Waals surface area contributed by atoms with E-state index in [1.54, 1.807) is 23.9 Å². The third-order valence-corrected chi connectivity index (χ3v) is 6.11. The van der Waals surface area contributed by atoms with E-state index in [0.29, 0.717) is 27.8 Å². The van der Waals surface area contributed by atoms with Crippen LogP contribution in [0.3, 0.4) is 0 Å². The first-order chi connectivity index (χ1) is 14.3. The number of amides is 2. The molecule has 0 spiro atoms. The van der Waals surface area contributed by atoms with Crippen molar-refractivity contribution in [2.24, 2.45) is 0 Å². The van der Waals surface area contributed by atoms with Gasteiger partial charge in [-0.3, -0.25) is 0 Å². The third kappa shape index (κ3) is 3.55. The molecule has 8 heteroatoms. The molecule has 0 aliphatic heterocycles. The van der Waals surface area contributed by atoms with Crippen LogP contribution in [-0.4, -0.2) is 39.0 Å². The normalized spacial score (nSPS) is 17.7. The van der Waals surface area contributed by atoms with Crippen molar-refractivity contribution in [1.82, 2.24) is 14.7 Å². The summed E-state index contributed by atoms with van der Waals surface area (Å²) in [6, 6.07) is 12.3. The van der Waals surface area contributed by atoms with E-state index in [-0.39, 0.29) is 6.03 Å². The van der Waals surface area contributed by atoms with Gasteiger partial charge in [0.1, 0.15) is 0 Å². The Hall–Kier alpha value is -2.54. The molecule has 2 amide bonds. The molecule has 0 saturated heterocycles. The number of nitrogens with zero attached hydrogens (tertiary/aromatic N) is 3. The molecule has 2 N–H and O–H groups in total. The number of para-hydroxylation sites is 1. The zero-order valence-corrected chi connectivity index (χ0v) is 18.4. The number of rotatable bonds is 3. The fraction of sp³-hybridized carbons (Fsp3) is 0.273. The van der Waals surface area contributed by atoms with Crippen LogP contribution in [0, 0.1) is 13.8 Å². The minimum Gasteiger partial charge on any atom is -0.390 e. The zero-order chi connectivity index (χ0) is 21.6. The van der Waals surface area contributed by atoms with Crippen molar-refractivity contribution in [2.45, 2.75) is 32.4 Å². The number of aromatic nitrogens is 2. The Morgan fingerprint density at radius 1 is 1.23 bits per heavy atom. The number of aliphatic hydroxyl groups excluding tert-OH is 1. The number of urea groups is 1. The van der Waals surface area contributed by atoms with Gasteiger partial charge in [0.15, 0.2) is 0 Å². The number of hydrogen-bond acceptors (Lipinski definition) is 3. The van der Waals surface area contributed by atoms with E-state index in [1.807, 2.05) is 44.2 Å². The highest BCUT2D eigenvalue weighted by Gasteiger charge is 2.38. The highest BCUT2D eigenvalue weighted by molar-refractivity contribution is 6.35. The maximum absolute atomic E-state index is 13.1. The molecule has 1 aliphatic carbocycles. The molecular formula is C22H22Cl2N4O2. The second-order valence-electron chi connectivity index (χ2n) is 7.51. The van der Waals surface area contributed by atoms with Crippen LogP contribution < -0.4 is 5.32 Å². The van der Waals surface area contributed by atoms with E-state index in [9.17, 15) is 9.90 Å². The molecule has 4 rings (SSSR count). The Balaban J connectivity index is 1.61. The van der Waals surface area contributed by atoms with E-state index in [2.05, 4.69) is 10.4 Å². The lowest BCUT2D eigenvalue weighted by Gasteiger charge is -2.28. The molecular weight excluding hydrogens is 423 g/mol. The number of hydrogen-bond donors (Lipinski definition) is 2. The van der Waals surface area contributed by atoms with E-state index in [0.717, 1.165) is 22.5 Å². The average Bonchev–Trinajstić information content (AvgIpc) is 3.19. The van der Waals surface area contributed by atoms with Gasteiger partial charge in [-0.2, -0.15) is 5.10 Å². The first kappa shape index (κ1) is 20.7. The maximum Gasteiger partial charge on any atom is 0.322 e. The minimum absolute atomic E-state index is 0.346. The Morgan fingerprint density at radius 3 is 2.63 bits per heavy atom. The Labute approximate surface area is 185 Å². The number of carbonyl (C=O) groups is 1. The van der Waals surface area contributed by atoms with Crippen molar-refractivity contribution < 1.29 is 9.90 Å². The van der Waals surface area contributed by atoms with E-state index in [1.165, 1.54) is 4.90 Å². The standard InChI is InChI=1S/C22H22Cl2N4O2/c1-12-20(13(2)28(26-12)15-7-5-4-6-8-15)25-22(30)27(3)21-17-9-14(23)10-18(24)16(17)11-19(21)29/h4-10,19,21,29H,11H2,1-3H3,(H,25,30)/t19-,21+/m1/s1. The second-order valence-corrected chi connectivity index (χ2v) is 8.35. The molecule has 0 fully saturated rings. The van der Waals surface area contributed by atoms with Crippen molar-refractivity contribution in [3.05, 3.63) is 75.0 Å². The van der Waals surface area contributed by atoms with Crippen LogP contribution in [0.25, 0.3) is 5.69 Å². The summed E-state index contributed by atoms with van der Waals surface area (Å²) >= 11 is 12.5. The lowest BCUT2D eigenvalue weighted by Crippen LogP contribution is -2.38. The van der Waals surface area contributed by atoms with Gasteiger partial charge >= 0.3 is 6.03 Å². The topological polar surface area (TPSA) is 70.4 Å². The number of nitrogens with one attached hydrogen (secondary N) is 1. The molecule has 156 valence electrons. The highest BCUT2D eigenvalue weighted by Crippen LogP contribution is 2.41. The first-order valence-corrected chi connectivity index (χ1v) is 10.3. The van der Waals surface area contributed by atoms with Crippen molar-refractivity contribution >= 4 is 34.9 Å². The number of fused-ring (bicyclic) bond motifs is 1. The minimum atomic E-state index is -0.763. The van der Waals surface area contributed by atoms with Crippen molar-refractivity contribution in [3.63, 3.8) is 0 Å². The van der Waals surface area contributed by atoms with Gasteiger partial charge in [0.25, 0.3) is 0 Å². The third-order valence-electron chi connectivity index (χ3n) is 5.55. The summed E-state index contributed by atoms with van der Waals surface area (Å²) in [6.45, 7) is 3.75. The predicted octanol–water partition coefficient (Wildman–Crippen LogP) is 4.92. The fourth-order valence-corrected chi connectivity index (χ4v) is 4.65. The second kappa shape index (κ2) is 7.95. The molecule has 0 bridgehead atoms. The van der Waals surface area contributed by atoms with Gasteiger partial charge in [0.2, 0.25) is 0 Å². The Kier molecular flexibility index (Phi) is 5.49. The van der Waals surface area contributed by atoms with Crippen molar-refractivity contribution in [2.75, 3.05) is 12.4 Å². The van der Waals surface area contributed by atoms with Gasteiger partial charge in [-0.1, -0.05) is 41.4 Å². The van der Waals surface area contributed by atoms with Gasteiger partial charge in [-0.05, 0) is 49.2 Å². The summed E-state index contributed by atoms with van der Waals surface area (Å²) in [7, 11) is 1.65. The summed E-state index contributed by atoms with van der Waals surface area (Å²) in [5, 5.41) is 19.1. The van der Waals surface area contributed by atoms with Crippen LogP contribution in [-0.2, 0) is 6.42 Å². The molecule has 1 heterocycles. The summed E-state index contributed by atoms with van der Waals surface area (Å²) in [5.74, 6) is 0. The molecule has 3 aromatic rings. The largest absolute Gasteiger partial charge is 0.390 e. The lowest BCUT2D eigenvalue weighted by atomic mass is 10.1. The van der Waals surface area contributed by atoms with Gasteiger partial charge in [-0.15, -0.1) is 0 Å². The summed E-state index contributed by atoms with van der Waals surface area (Å²) in [4.78, 5) is 14.6. The van der Waals surface area contributed by atoms with Gasteiger partial charge < -0.3 is 15.3 Å². The van der Waals surface area contributed by atoms with E-state index in [4.69, 9.17) is 23.2 Å². The van der Waals surface area contributed by atoms with Crippen molar-refractivity contribution in [3.8, 4) is 5.69 Å². The first-order valence-electron chi connectivity index (χ1n) is 9.59. The molecule has 0 radical (unpaired) electrons. The molecule has 6 nitrogen and oxygen atoms in total. The zero-order valence-electron chi connectivity index (χ0n) is 16.9. The SMILES string of the molecule is Cc1nn(-c2ccccc2)c(C)c1NC(=O)N(C)[C@H]1c2cc(Cl)cc(Cl)c2C[C@H]1O. The number of halogens is 2. The van der Waals surface area contributed by atoms with E-state index < -0.39 is 12.1 Å². The molecule has 0 saturated carbocycles. The summed E-state index contributed by atoms with van der Waals surface area (Å²) in [5.41, 5.74) is 4.67. The van der Waals surface area contributed by atoms with Crippen LogP contribution in [0.1, 0.15) is 28.6 Å². The van der Waals surface area contributed by atoms with Crippen LogP contribution >= 0.6 is 23.2 Å². The molecule has 1 aliphatic rings. The van der Waals surface area contributed by atoms with Crippen LogP contribution in [0.2, 0.25) is 10.0 Å². The number of likely N-dealkylation sites (N-methyl/N-ethyl adjacent to an activating group) is 1. The monoisotopic (exact) mass is 444 g/mol. The smallest absolute Gasteiger partial charge is 0.322 e. The van der Waals surface area contributed by atoms with Gasteiger partial charge in [-0.25, -0.2) is 9.48 Å².